The van der Waals surface area contributed by atoms with Gasteiger partial charge in [0.25, 0.3) is 11.8 Å². The average Bonchev–Trinajstić information content (AvgIpc) is 3.54. The molecule has 0 saturated heterocycles. The Kier molecular flexibility index (Phi) is 6.44. The van der Waals surface area contributed by atoms with Crippen LogP contribution < -0.4 is 10.6 Å². The van der Waals surface area contributed by atoms with Gasteiger partial charge in [-0.05, 0) is 54.3 Å². The molecule has 1 aliphatic carbocycles. The van der Waals surface area contributed by atoms with Gasteiger partial charge < -0.3 is 15.5 Å². The lowest BCUT2D eigenvalue weighted by molar-refractivity contribution is -0.116. The molecule has 2 aromatic carbocycles. The number of amides is 3. The van der Waals surface area contributed by atoms with Crippen LogP contribution >= 0.6 is 0 Å². The lowest BCUT2D eigenvalue weighted by Gasteiger charge is -2.10. The zero-order chi connectivity index (χ0) is 20.8. The lowest BCUT2D eigenvalue weighted by atomic mass is 10.1. The van der Waals surface area contributed by atoms with Crippen molar-refractivity contribution >= 4 is 23.8 Å². The molecule has 3 amide bonds. The Labute approximate surface area is 170 Å². The van der Waals surface area contributed by atoms with E-state index in [-0.39, 0.29) is 17.7 Å². The van der Waals surface area contributed by atoms with Crippen molar-refractivity contribution in [3.8, 4) is 0 Å². The molecule has 0 spiro atoms. The second kappa shape index (κ2) is 9.19. The molecule has 1 aliphatic rings. The maximum absolute atomic E-state index is 12.0. The third-order valence-corrected chi connectivity index (χ3v) is 4.59. The number of carbonyl (C=O) groups is 3. The van der Waals surface area contributed by atoms with E-state index in [1.54, 1.807) is 44.4 Å². The molecule has 3 rings (SSSR count). The zero-order valence-electron chi connectivity index (χ0n) is 16.6. The van der Waals surface area contributed by atoms with Crippen LogP contribution in [0.2, 0.25) is 0 Å². The number of hydrogen-bond acceptors (Lipinski definition) is 3. The highest BCUT2D eigenvalue weighted by molar-refractivity contribution is 5.95. The monoisotopic (exact) mass is 391 g/mol. The van der Waals surface area contributed by atoms with Gasteiger partial charge in [0.1, 0.15) is 0 Å². The Balaban J connectivity index is 1.48. The summed E-state index contributed by atoms with van der Waals surface area (Å²) in [7, 11) is 3.42. The fourth-order valence-electron chi connectivity index (χ4n) is 2.69. The molecular formula is C23H25N3O3. The highest BCUT2D eigenvalue weighted by atomic mass is 16.2. The Morgan fingerprint density at radius 3 is 2.17 bits per heavy atom. The van der Waals surface area contributed by atoms with Crippen molar-refractivity contribution in [2.75, 3.05) is 14.1 Å². The largest absolute Gasteiger partial charge is 0.349 e. The number of carbonyl (C=O) groups excluding carboxylic acids is 3. The molecule has 2 aromatic rings. The van der Waals surface area contributed by atoms with Gasteiger partial charge in [-0.3, -0.25) is 14.4 Å². The summed E-state index contributed by atoms with van der Waals surface area (Å²) in [6.07, 6.45) is 5.28. The van der Waals surface area contributed by atoms with Gasteiger partial charge in [-0.2, -0.15) is 0 Å². The topological polar surface area (TPSA) is 78.5 Å². The first-order valence-electron chi connectivity index (χ1n) is 9.60. The molecule has 0 bridgehead atoms. The molecule has 0 aliphatic heterocycles. The Morgan fingerprint density at radius 2 is 1.59 bits per heavy atom. The van der Waals surface area contributed by atoms with Gasteiger partial charge in [0.05, 0.1) is 0 Å². The summed E-state index contributed by atoms with van der Waals surface area (Å²) in [6.45, 7) is 0.375. The molecule has 1 fully saturated rings. The van der Waals surface area contributed by atoms with E-state index >= 15 is 0 Å². The fourth-order valence-corrected chi connectivity index (χ4v) is 2.69. The number of benzene rings is 2. The van der Waals surface area contributed by atoms with Crippen molar-refractivity contribution in [3.05, 3.63) is 76.9 Å². The predicted octanol–water partition coefficient (Wildman–Crippen LogP) is 2.61. The van der Waals surface area contributed by atoms with Crippen LogP contribution in [0.1, 0.15) is 44.7 Å². The molecule has 29 heavy (non-hydrogen) atoms. The summed E-state index contributed by atoms with van der Waals surface area (Å²) in [5.41, 5.74) is 2.98. The van der Waals surface area contributed by atoms with E-state index in [1.165, 1.54) is 11.0 Å². The van der Waals surface area contributed by atoms with E-state index < -0.39 is 0 Å². The minimum atomic E-state index is -0.214. The molecule has 0 atom stereocenters. The quantitative estimate of drug-likeness (QED) is 0.712. The van der Waals surface area contributed by atoms with Crippen molar-refractivity contribution < 1.29 is 14.4 Å². The maximum Gasteiger partial charge on any atom is 0.253 e. The lowest BCUT2D eigenvalue weighted by Crippen LogP contribution is -2.25. The van der Waals surface area contributed by atoms with Crippen molar-refractivity contribution in [3.63, 3.8) is 0 Å². The summed E-state index contributed by atoms with van der Waals surface area (Å²) in [6, 6.07) is 14.6. The molecule has 1 saturated carbocycles. The van der Waals surface area contributed by atoms with Gasteiger partial charge in [0.2, 0.25) is 5.91 Å². The third-order valence-electron chi connectivity index (χ3n) is 4.59. The fraction of sp³-hybridized carbons (Fsp3) is 0.261. The summed E-state index contributed by atoms with van der Waals surface area (Å²) in [5, 5.41) is 5.76. The molecule has 0 unspecified atom stereocenters. The third kappa shape index (κ3) is 6.04. The molecule has 0 heterocycles. The Hall–Kier alpha value is -3.41. The Bertz CT molecular complexity index is 911. The minimum absolute atomic E-state index is 0.0560. The van der Waals surface area contributed by atoms with Gasteiger partial charge in [-0.15, -0.1) is 0 Å². The van der Waals surface area contributed by atoms with Crippen molar-refractivity contribution in [1.82, 2.24) is 15.5 Å². The molecule has 6 nitrogen and oxygen atoms in total. The van der Waals surface area contributed by atoms with E-state index in [0.29, 0.717) is 23.7 Å². The van der Waals surface area contributed by atoms with E-state index in [9.17, 15) is 14.4 Å². The van der Waals surface area contributed by atoms with Crippen LogP contribution in [0.5, 0.6) is 0 Å². The van der Waals surface area contributed by atoms with E-state index in [1.807, 2.05) is 24.3 Å². The summed E-state index contributed by atoms with van der Waals surface area (Å²) in [5.74, 6) is -0.326. The first-order valence-corrected chi connectivity index (χ1v) is 9.60. The normalized spacial score (nSPS) is 13.2. The van der Waals surface area contributed by atoms with Crippen LogP contribution in [0.15, 0.2) is 54.6 Å². The van der Waals surface area contributed by atoms with Crippen LogP contribution in [0, 0.1) is 0 Å². The molecule has 0 radical (unpaired) electrons. The number of nitrogens with zero attached hydrogens (tertiary/aromatic N) is 1. The number of nitrogens with one attached hydrogen (secondary N) is 2. The smallest absolute Gasteiger partial charge is 0.253 e. The van der Waals surface area contributed by atoms with Crippen molar-refractivity contribution in [1.29, 1.82) is 0 Å². The molecule has 150 valence electrons. The standard InChI is InChI=1S/C23H25N3O3/c1-26(2)23(29)19-10-5-17(6-11-19)15-24-21(27)14-7-16-3-8-18(9-4-16)22(28)25-20-12-13-20/h3-11,14,20H,12-13,15H2,1-2H3,(H,24,27)(H,25,28)/b14-7+. The summed E-state index contributed by atoms with van der Waals surface area (Å²) in [4.78, 5) is 37.4. The van der Waals surface area contributed by atoms with Crippen LogP contribution in [0.25, 0.3) is 6.08 Å². The molecule has 0 aromatic heterocycles. The highest BCUT2D eigenvalue weighted by Gasteiger charge is 2.23. The van der Waals surface area contributed by atoms with Gasteiger partial charge >= 0.3 is 0 Å². The van der Waals surface area contributed by atoms with E-state index in [0.717, 1.165) is 24.0 Å². The summed E-state index contributed by atoms with van der Waals surface area (Å²) >= 11 is 0. The van der Waals surface area contributed by atoms with Crippen molar-refractivity contribution in [2.45, 2.75) is 25.4 Å². The zero-order valence-corrected chi connectivity index (χ0v) is 16.6. The number of hydrogen-bond donors (Lipinski definition) is 2. The van der Waals surface area contributed by atoms with Gasteiger partial charge in [-0.1, -0.05) is 24.3 Å². The van der Waals surface area contributed by atoms with E-state index in [2.05, 4.69) is 10.6 Å². The minimum Gasteiger partial charge on any atom is -0.349 e. The van der Waals surface area contributed by atoms with Gasteiger partial charge in [0.15, 0.2) is 0 Å². The second-order valence-corrected chi connectivity index (χ2v) is 7.32. The van der Waals surface area contributed by atoms with Gasteiger partial charge in [-0.25, -0.2) is 0 Å². The Morgan fingerprint density at radius 1 is 0.966 bits per heavy atom. The highest BCUT2D eigenvalue weighted by Crippen LogP contribution is 2.19. The molecule has 2 N–H and O–H groups in total. The van der Waals surface area contributed by atoms with Crippen LogP contribution in [0.4, 0.5) is 0 Å². The molecular weight excluding hydrogens is 366 g/mol. The van der Waals surface area contributed by atoms with E-state index in [4.69, 9.17) is 0 Å². The second-order valence-electron chi connectivity index (χ2n) is 7.32. The van der Waals surface area contributed by atoms with Crippen LogP contribution in [0.3, 0.4) is 0 Å². The van der Waals surface area contributed by atoms with Crippen molar-refractivity contribution in [2.24, 2.45) is 0 Å². The first kappa shape index (κ1) is 20.3. The number of rotatable bonds is 7. The molecule has 6 heteroatoms. The van der Waals surface area contributed by atoms with Gasteiger partial charge in [0, 0.05) is 43.9 Å². The first-order chi connectivity index (χ1) is 13.9. The van der Waals surface area contributed by atoms with Crippen LogP contribution in [-0.2, 0) is 11.3 Å². The van der Waals surface area contributed by atoms with Crippen LogP contribution in [-0.4, -0.2) is 42.8 Å². The average molecular weight is 391 g/mol. The SMILES string of the molecule is CN(C)C(=O)c1ccc(CNC(=O)/C=C/c2ccc(C(=O)NC3CC3)cc2)cc1. The summed E-state index contributed by atoms with van der Waals surface area (Å²) < 4.78 is 0. The maximum atomic E-state index is 12.0. The predicted molar refractivity (Wildman–Crippen MR) is 112 cm³/mol.